The summed E-state index contributed by atoms with van der Waals surface area (Å²) in [6.45, 7) is 2.49. The lowest BCUT2D eigenvalue weighted by atomic mass is 9.93. The molecule has 1 fully saturated rings. The van der Waals surface area contributed by atoms with Crippen LogP contribution in [0.15, 0.2) is 24.3 Å². The molecule has 1 saturated heterocycles. The van der Waals surface area contributed by atoms with E-state index in [1.54, 1.807) is 18.2 Å². The van der Waals surface area contributed by atoms with Crippen LogP contribution >= 0.6 is 0 Å². The molecule has 4 nitrogen and oxygen atoms in total. The largest absolute Gasteiger partial charge is 0.481 e. The molecule has 0 aromatic heterocycles. The smallest absolute Gasteiger partial charge is 0.303 e. The number of likely N-dealkylation sites (tertiary alicyclic amines) is 1. The fourth-order valence-electron chi connectivity index (χ4n) is 3.25. The van der Waals surface area contributed by atoms with Gasteiger partial charge in [0.25, 0.3) is 0 Å². The van der Waals surface area contributed by atoms with Crippen LogP contribution in [0.1, 0.15) is 44.6 Å². The predicted molar refractivity (Wildman–Crippen MR) is 85.5 cm³/mol. The number of hydrogen-bond acceptors (Lipinski definition) is 2. The molecular weight excluding hydrogens is 297 g/mol. The normalized spacial score (nSPS) is 19.4. The Hall–Kier alpha value is -1.91. The summed E-state index contributed by atoms with van der Waals surface area (Å²) in [5, 5.41) is 8.86. The quantitative estimate of drug-likeness (QED) is 0.875. The van der Waals surface area contributed by atoms with Crippen LogP contribution in [-0.4, -0.2) is 34.5 Å². The molecule has 1 aliphatic heterocycles. The minimum Gasteiger partial charge on any atom is -0.481 e. The van der Waals surface area contributed by atoms with Gasteiger partial charge in [-0.25, -0.2) is 4.39 Å². The van der Waals surface area contributed by atoms with Gasteiger partial charge in [0.1, 0.15) is 5.82 Å². The number of amides is 1. The van der Waals surface area contributed by atoms with Crippen LogP contribution in [0, 0.1) is 11.7 Å². The second kappa shape index (κ2) is 8.09. The molecule has 1 aliphatic rings. The number of rotatable bonds is 6. The highest BCUT2D eigenvalue weighted by atomic mass is 19.1. The number of carbonyl (C=O) groups is 2. The van der Waals surface area contributed by atoms with Crippen LogP contribution in [0.25, 0.3) is 0 Å². The van der Waals surface area contributed by atoms with Crippen LogP contribution in [0.4, 0.5) is 4.39 Å². The van der Waals surface area contributed by atoms with Crippen molar-refractivity contribution in [2.24, 2.45) is 5.92 Å². The van der Waals surface area contributed by atoms with Crippen molar-refractivity contribution in [1.82, 2.24) is 4.90 Å². The van der Waals surface area contributed by atoms with Crippen molar-refractivity contribution in [3.63, 3.8) is 0 Å². The molecule has 0 unspecified atom stereocenters. The minimum absolute atomic E-state index is 0.00309. The third-order valence-electron chi connectivity index (χ3n) is 4.51. The zero-order chi connectivity index (χ0) is 16.8. The van der Waals surface area contributed by atoms with Gasteiger partial charge in [0.15, 0.2) is 0 Å². The molecule has 1 amide bonds. The van der Waals surface area contributed by atoms with E-state index in [2.05, 4.69) is 0 Å². The van der Waals surface area contributed by atoms with Crippen LogP contribution in [-0.2, 0) is 16.0 Å². The maximum absolute atomic E-state index is 13.8. The van der Waals surface area contributed by atoms with Crippen molar-refractivity contribution in [2.45, 2.75) is 51.5 Å². The Labute approximate surface area is 136 Å². The van der Waals surface area contributed by atoms with E-state index in [-0.39, 0.29) is 30.1 Å². The molecule has 0 spiro atoms. The molecule has 2 rings (SSSR count). The summed E-state index contributed by atoms with van der Waals surface area (Å²) in [5.41, 5.74) is 0.549. The van der Waals surface area contributed by atoms with E-state index in [0.29, 0.717) is 24.9 Å². The Kier molecular flexibility index (Phi) is 6.13. The van der Waals surface area contributed by atoms with Crippen LogP contribution in [0.3, 0.4) is 0 Å². The topological polar surface area (TPSA) is 57.6 Å². The third kappa shape index (κ3) is 4.78. The molecule has 126 valence electrons. The van der Waals surface area contributed by atoms with Gasteiger partial charge in [-0.2, -0.15) is 0 Å². The summed E-state index contributed by atoms with van der Waals surface area (Å²) in [6, 6.07) is 6.51. The van der Waals surface area contributed by atoms with Crippen LogP contribution in [0.5, 0.6) is 0 Å². The zero-order valence-corrected chi connectivity index (χ0v) is 13.5. The van der Waals surface area contributed by atoms with E-state index in [1.165, 1.54) is 6.07 Å². The van der Waals surface area contributed by atoms with Gasteiger partial charge >= 0.3 is 5.97 Å². The number of carbonyl (C=O) groups excluding carboxylic acids is 1. The Morgan fingerprint density at radius 2 is 2.09 bits per heavy atom. The monoisotopic (exact) mass is 321 g/mol. The van der Waals surface area contributed by atoms with Gasteiger partial charge in [-0.1, -0.05) is 25.1 Å². The second-order valence-corrected chi connectivity index (χ2v) is 6.31. The predicted octanol–water partition coefficient (Wildman–Crippen LogP) is 3.25. The number of hydrogen-bond donors (Lipinski definition) is 1. The zero-order valence-electron chi connectivity index (χ0n) is 13.5. The number of nitrogens with zero attached hydrogens (tertiary/aromatic N) is 1. The van der Waals surface area contributed by atoms with Crippen molar-refractivity contribution in [3.8, 4) is 0 Å². The van der Waals surface area contributed by atoms with E-state index in [4.69, 9.17) is 5.11 Å². The SMILES string of the molecule is C[C@@H](Cc1ccccc1F)C(=O)N1CCCC[C@H]1CCC(=O)O. The van der Waals surface area contributed by atoms with Gasteiger partial charge in [-0.05, 0) is 43.7 Å². The third-order valence-corrected chi connectivity index (χ3v) is 4.51. The number of piperidine rings is 1. The lowest BCUT2D eigenvalue weighted by Crippen LogP contribution is -2.46. The van der Waals surface area contributed by atoms with Crippen molar-refractivity contribution in [1.29, 1.82) is 0 Å². The van der Waals surface area contributed by atoms with E-state index in [9.17, 15) is 14.0 Å². The average Bonchev–Trinajstić information content (AvgIpc) is 2.54. The first-order valence-electron chi connectivity index (χ1n) is 8.24. The molecule has 1 aromatic carbocycles. The summed E-state index contributed by atoms with van der Waals surface area (Å²) < 4.78 is 13.8. The summed E-state index contributed by atoms with van der Waals surface area (Å²) in [4.78, 5) is 25.3. The molecule has 0 saturated carbocycles. The van der Waals surface area contributed by atoms with Gasteiger partial charge in [-0.3, -0.25) is 9.59 Å². The van der Waals surface area contributed by atoms with Crippen LogP contribution in [0.2, 0.25) is 0 Å². The number of carboxylic acids is 1. The fraction of sp³-hybridized carbons (Fsp3) is 0.556. The molecule has 1 heterocycles. The van der Waals surface area contributed by atoms with Gasteiger partial charge in [-0.15, -0.1) is 0 Å². The Balaban J connectivity index is 2.01. The molecule has 1 N–H and O–H groups in total. The lowest BCUT2D eigenvalue weighted by molar-refractivity contribution is -0.142. The molecule has 2 atom stereocenters. The maximum Gasteiger partial charge on any atom is 0.303 e. The summed E-state index contributed by atoms with van der Waals surface area (Å²) in [5.74, 6) is -1.42. The highest BCUT2D eigenvalue weighted by molar-refractivity contribution is 5.79. The van der Waals surface area contributed by atoms with Crippen molar-refractivity contribution >= 4 is 11.9 Å². The average molecular weight is 321 g/mol. The first-order chi connectivity index (χ1) is 11.0. The number of carboxylic acid groups (broad SMARTS) is 1. The maximum atomic E-state index is 13.8. The van der Waals surface area contributed by atoms with Crippen molar-refractivity contribution in [2.75, 3.05) is 6.54 Å². The van der Waals surface area contributed by atoms with Crippen molar-refractivity contribution < 1.29 is 19.1 Å². The first-order valence-corrected chi connectivity index (χ1v) is 8.24. The van der Waals surface area contributed by atoms with Gasteiger partial charge in [0, 0.05) is 24.9 Å². The summed E-state index contributed by atoms with van der Waals surface area (Å²) in [7, 11) is 0. The van der Waals surface area contributed by atoms with Gasteiger partial charge in [0.05, 0.1) is 0 Å². The molecule has 5 heteroatoms. The summed E-state index contributed by atoms with van der Waals surface area (Å²) in [6.07, 6.45) is 3.76. The molecule has 23 heavy (non-hydrogen) atoms. The van der Waals surface area contributed by atoms with E-state index in [0.717, 1.165) is 19.3 Å². The highest BCUT2D eigenvalue weighted by Gasteiger charge is 2.30. The number of benzene rings is 1. The van der Waals surface area contributed by atoms with Crippen molar-refractivity contribution in [3.05, 3.63) is 35.6 Å². The lowest BCUT2D eigenvalue weighted by Gasteiger charge is -2.37. The molecular formula is C18H24FNO3. The number of aliphatic carboxylic acids is 1. The minimum atomic E-state index is -0.831. The van der Waals surface area contributed by atoms with E-state index in [1.807, 2.05) is 11.8 Å². The highest BCUT2D eigenvalue weighted by Crippen LogP contribution is 2.24. The first kappa shape index (κ1) is 17.4. The Bertz CT molecular complexity index is 561. The summed E-state index contributed by atoms with van der Waals surface area (Å²) >= 11 is 0. The van der Waals surface area contributed by atoms with Gasteiger partial charge < -0.3 is 10.0 Å². The molecule has 1 aromatic rings. The second-order valence-electron chi connectivity index (χ2n) is 6.31. The molecule has 0 radical (unpaired) electrons. The Morgan fingerprint density at radius 1 is 1.35 bits per heavy atom. The van der Waals surface area contributed by atoms with E-state index < -0.39 is 5.97 Å². The molecule has 0 bridgehead atoms. The number of halogens is 1. The van der Waals surface area contributed by atoms with Crippen LogP contribution < -0.4 is 0 Å². The fourth-order valence-corrected chi connectivity index (χ4v) is 3.25. The standard InChI is InChI=1S/C18H24FNO3/c1-13(12-14-6-2-3-8-16(14)19)18(23)20-11-5-4-7-15(20)9-10-17(21)22/h2-3,6,8,13,15H,4-5,7,9-12H2,1H3,(H,21,22)/t13-,15-/m0/s1. The Morgan fingerprint density at radius 3 is 2.78 bits per heavy atom. The van der Waals surface area contributed by atoms with Gasteiger partial charge in [0.2, 0.25) is 5.91 Å². The molecule has 0 aliphatic carbocycles. The van der Waals surface area contributed by atoms with E-state index >= 15 is 0 Å².